The lowest BCUT2D eigenvalue weighted by molar-refractivity contribution is -0.00597. The fraction of sp³-hybridized carbons (Fsp3) is 0.538. The topological polar surface area (TPSA) is 29.1 Å². The number of nitrogens with one attached hydrogen (secondary N) is 1. The van der Waals surface area contributed by atoms with Gasteiger partial charge in [-0.05, 0) is 12.8 Å². The first-order valence-corrected chi connectivity index (χ1v) is 7.58. The highest BCUT2D eigenvalue weighted by Crippen LogP contribution is 2.27. The zero-order valence-electron chi connectivity index (χ0n) is 10.1. The maximum absolute atomic E-state index is 13.9. The predicted molar refractivity (Wildman–Crippen MR) is 69.2 cm³/mol. The third-order valence-electron chi connectivity index (χ3n) is 3.20. The van der Waals surface area contributed by atoms with Crippen LogP contribution in [0.25, 0.3) is 0 Å². The first-order valence-electron chi connectivity index (χ1n) is 6.09. The van der Waals surface area contributed by atoms with Crippen LogP contribution in [0.2, 0.25) is 0 Å². The molecular formula is C13H17F2NOS. The van der Waals surface area contributed by atoms with Crippen LogP contribution in [0.4, 0.5) is 8.78 Å². The normalized spacial score (nSPS) is 25.0. The van der Waals surface area contributed by atoms with Crippen molar-refractivity contribution in [1.29, 1.82) is 0 Å². The predicted octanol–water partition coefficient (Wildman–Crippen LogP) is 2.28. The summed E-state index contributed by atoms with van der Waals surface area (Å²) in [5.41, 5.74) is 0.0388. The van der Waals surface area contributed by atoms with Gasteiger partial charge in [-0.1, -0.05) is 30.3 Å². The van der Waals surface area contributed by atoms with Gasteiger partial charge in [0.15, 0.2) is 0 Å². The van der Waals surface area contributed by atoms with Crippen molar-refractivity contribution in [2.24, 2.45) is 0 Å². The molecule has 1 aliphatic rings. The van der Waals surface area contributed by atoms with Crippen LogP contribution in [0.15, 0.2) is 30.3 Å². The van der Waals surface area contributed by atoms with Crippen molar-refractivity contribution in [3.8, 4) is 0 Å². The van der Waals surface area contributed by atoms with E-state index in [0.717, 1.165) is 12.8 Å². The summed E-state index contributed by atoms with van der Waals surface area (Å²) >= 11 is 0. The molecule has 1 fully saturated rings. The number of benzene rings is 1. The molecule has 100 valence electrons. The van der Waals surface area contributed by atoms with Crippen LogP contribution in [0.1, 0.15) is 18.4 Å². The quantitative estimate of drug-likeness (QED) is 0.912. The molecule has 5 heteroatoms. The molecule has 0 atom stereocenters. The molecule has 0 aromatic heterocycles. The van der Waals surface area contributed by atoms with Gasteiger partial charge in [-0.15, -0.1) is 0 Å². The van der Waals surface area contributed by atoms with Crippen LogP contribution in [0, 0.1) is 0 Å². The first-order chi connectivity index (χ1) is 8.58. The third-order valence-corrected chi connectivity index (χ3v) is 4.58. The summed E-state index contributed by atoms with van der Waals surface area (Å²) in [5.74, 6) is -1.61. The summed E-state index contributed by atoms with van der Waals surface area (Å²) in [7, 11) is -0.749. The summed E-state index contributed by atoms with van der Waals surface area (Å²) in [6.07, 6.45) is 1.44. The molecule has 0 radical (unpaired) electrons. The summed E-state index contributed by atoms with van der Waals surface area (Å²) < 4.78 is 38.9. The van der Waals surface area contributed by atoms with Gasteiger partial charge in [0, 0.05) is 33.9 Å². The van der Waals surface area contributed by atoms with Gasteiger partial charge in [-0.3, -0.25) is 4.21 Å². The van der Waals surface area contributed by atoms with Crippen LogP contribution < -0.4 is 5.32 Å². The molecule has 2 rings (SSSR count). The Labute approximate surface area is 108 Å². The van der Waals surface area contributed by atoms with Gasteiger partial charge in [0.1, 0.15) is 0 Å². The second kappa shape index (κ2) is 5.89. The Morgan fingerprint density at radius 3 is 2.44 bits per heavy atom. The Morgan fingerprint density at radius 1 is 1.22 bits per heavy atom. The monoisotopic (exact) mass is 273 g/mol. The van der Waals surface area contributed by atoms with Crippen LogP contribution in [-0.4, -0.2) is 28.3 Å². The average Bonchev–Trinajstić information content (AvgIpc) is 2.39. The van der Waals surface area contributed by atoms with Crippen molar-refractivity contribution in [2.75, 3.05) is 18.1 Å². The number of rotatable bonds is 4. The second-order valence-electron chi connectivity index (χ2n) is 4.57. The lowest BCUT2D eigenvalue weighted by atomic mass is 10.1. The molecule has 1 aliphatic heterocycles. The van der Waals surface area contributed by atoms with E-state index in [1.807, 2.05) is 0 Å². The van der Waals surface area contributed by atoms with Crippen molar-refractivity contribution in [3.63, 3.8) is 0 Å². The van der Waals surface area contributed by atoms with Gasteiger partial charge in [-0.2, -0.15) is 8.78 Å². The first kappa shape index (κ1) is 13.6. The highest BCUT2D eigenvalue weighted by molar-refractivity contribution is 7.85. The molecule has 1 N–H and O–H groups in total. The molecule has 1 aromatic rings. The maximum Gasteiger partial charge on any atom is 0.285 e. The number of hydrogen-bond donors (Lipinski definition) is 1. The van der Waals surface area contributed by atoms with Crippen molar-refractivity contribution >= 4 is 10.8 Å². The fourth-order valence-corrected chi connectivity index (χ4v) is 3.35. The second-order valence-corrected chi connectivity index (χ2v) is 6.27. The molecule has 0 aliphatic carbocycles. The molecule has 0 amide bonds. The smallest absolute Gasteiger partial charge is 0.285 e. The summed E-state index contributed by atoms with van der Waals surface area (Å²) in [5, 5.41) is 2.90. The van der Waals surface area contributed by atoms with Gasteiger partial charge in [0.2, 0.25) is 0 Å². The molecule has 1 heterocycles. The number of alkyl halides is 2. The van der Waals surface area contributed by atoms with Crippen LogP contribution >= 0.6 is 0 Å². The Balaban J connectivity index is 1.87. The van der Waals surface area contributed by atoms with Crippen molar-refractivity contribution < 1.29 is 13.0 Å². The maximum atomic E-state index is 13.9. The zero-order valence-corrected chi connectivity index (χ0v) is 10.9. The van der Waals surface area contributed by atoms with E-state index in [0.29, 0.717) is 11.5 Å². The lowest BCUT2D eigenvalue weighted by Crippen LogP contribution is -2.41. The van der Waals surface area contributed by atoms with E-state index >= 15 is 0 Å². The van der Waals surface area contributed by atoms with E-state index in [2.05, 4.69) is 5.32 Å². The summed E-state index contributed by atoms with van der Waals surface area (Å²) in [4.78, 5) is 0. The number of hydrogen-bond acceptors (Lipinski definition) is 2. The molecule has 1 saturated heterocycles. The van der Waals surface area contributed by atoms with Crippen LogP contribution in [0.5, 0.6) is 0 Å². The number of halogens is 2. The van der Waals surface area contributed by atoms with E-state index in [4.69, 9.17) is 0 Å². The Morgan fingerprint density at radius 2 is 1.83 bits per heavy atom. The standard InChI is InChI=1S/C13H17F2NOS/c14-13(15,11-4-2-1-3-5-11)10-16-12-6-8-18(17)9-7-12/h1-5,12,16H,6-10H2. The van der Waals surface area contributed by atoms with E-state index in [1.54, 1.807) is 18.2 Å². The molecule has 0 unspecified atom stereocenters. The highest BCUT2D eigenvalue weighted by atomic mass is 32.2. The highest BCUT2D eigenvalue weighted by Gasteiger charge is 2.32. The van der Waals surface area contributed by atoms with E-state index < -0.39 is 16.7 Å². The van der Waals surface area contributed by atoms with Gasteiger partial charge in [-0.25, -0.2) is 0 Å². The van der Waals surface area contributed by atoms with Crippen LogP contribution in [-0.2, 0) is 16.7 Å². The molecule has 0 spiro atoms. The molecule has 18 heavy (non-hydrogen) atoms. The Hall–Kier alpha value is -0.810. The van der Waals surface area contributed by atoms with E-state index in [1.165, 1.54) is 12.1 Å². The Bertz CT molecular complexity index is 401. The van der Waals surface area contributed by atoms with Crippen molar-refractivity contribution in [2.45, 2.75) is 24.8 Å². The molecule has 0 saturated carbocycles. The minimum atomic E-state index is -2.85. The van der Waals surface area contributed by atoms with Gasteiger partial charge in [0.05, 0.1) is 6.54 Å². The zero-order chi connectivity index (χ0) is 13.0. The molecular weight excluding hydrogens is 256 g/mol. The summed E-state index contributed by atoms with van der Waals surface area (Å²) in [6.45, 7) is -0.353. The average molecular weight is 273 g/mol. The van der Waals surface area contributed by atoms with Gasteiger partial charge < -0.3 is 5.32 Å². The lowest BCUT2D eigenvalue weighted by Gasteiger charge is -2.25. The van der Waals surface area contributed by atoms with Crippen molar-refractivity contribution in [3.05, 3.63) is 35.9 Å². The molecule has 1 aromatic carbocycles. The van der Waals surface area contributed by atoms with Crippen LogP contribution in [0.3, 0.4) is 0 Å². The largest absolute Gasteiger partial charge is 0.308 e. The van der Waals surface area contributed by atoms with Gasteiger partial charge >= 0.3 is 0 Å². The minimum Gasteiger partial charge on any atom is -0.308 e. The molecule has 2 nitrogen and oxygen atoms in total. The third kappa shape index (κ3) is 3.59. The van der Waals surface area contributed by atoms with E-state index in [-0.39, 0.29) is 18.2 Å². The molecule has 0 bridgehead atoms. The summed E-state index contributed by atoms with van der Waals surface area (Å²) in [6, 6.07) is 7.91. The van der Waals surface area contributed by atoms with E-state index in [9.17, 15) is 13.0 Å². The fourth-order valence-electron chi connectivity index (χ4n) is 2.05. The Kier molecular flexibility index (Phi) is 4.45. The van der Waals surface area contributed by atoms with Crippen molar-refractivity contribution in [1.82, 2.24) is 5.32 Å². The minimum absolute atomic E-state index is 0.0388. The van der Waals surface area contributed by atoms with Gasteiger partial charge in [0.25, 0.3) is 5.92 Å². The SMILES string of the molecule is O=S1CCC(NCC(F)(F)c2ccccc2)CC1.